The Labute approximate surface area is 202 Å². The van der Waals surface area contributed by atoms with E-state index in [1.165, 1.54) is 83.5 Å². The van der Waals surface area contributed by atoms with Crippen LogP contribution in [0.25, 0.3) is 0 Å². The number of aryl methyl sites for hydroxylation is 1. The lowest BCUT2D eigenvalue weighted by molar-refractivity contribution is -0.144. The first-order chi connectivity index (χ1) is 16.1. The van der Waals surface area contributed by atoms with Crippen molar-refractivity contribution in [2.75, 3.05) is 6.61 Å². The van der Waals surface area contributed by atoms with E-state index in [1.54, 1.807) is 6.07 Å². The summed E-state index contributed by atoms with van der Waals surface area (Å²) in [5.41, 5.74) is 1.04. The van der Waals surface area contributed by atoms with Crippen LogP contribution in [-0.2, 0) is 14.3 Å². The molecule has 0 aliphatic rings. The molecule has 188 valence electrons. The van der Waals surface area contributed by atoms with Gasteiger partial charge in [0.15, 0.2) is 0 Å². The molecule has 0 amide bonds. The molecule has 0 saturated carbocycles. The molecule has 0 aliphatic carbocycles. The third kappa shape index (κ3) is 18.3. The molecule has 0 spiro atoms. The molecule has 0 bridgehead atoms. The van der Waals surface area contributed by atoms with E-state index in [0.717, 1.165) is 18.4 Å². The van der Waals surface area contributed by atoms with Gasteiger partial charge in [-0.15, -0.1) is 0 Å². The molecule has 4 nitrogen and oxygen atoms in total. The second kappa shape index (κ2) is 20.7. The van der Waals surface area contributed by atoms with Crippen LogP contribution in [0.4, 0.5) is 0 Å². The molecular formula is C29H48O4. The van der Waals surface area contributed by atoms with Crippen molar-refractivity contribution in [3.63, 3.8) is 0 Å². The largest absolute Gasteiger partial charge is 0.466 e. The molecule has 0 radical (unpaired) electrons. The summed E-state index contributed by atoms with van der Waals surface area (Å²) in [5.74, 6) is 0.0234. The zero-order valence-corrected chi connectivity index (χ0v) is 21.4. The molecule has 4 heteroatoms. The summed E-state index contributed by atoms with van der Waals surface area (Å²) >= 11 is 0. The van der Waals surface area contributed by atoms with Gasteiger partial charge in [0.05, 0.1) is 6.61 Å². The highest BCUT2D eigenvalue weighted by molar-refractivity contribution is 5.74. The van der Waals surface area contributed by atoms with Crippen molar-refractivity contribution in [3.8, 4) is 5.75 Å². The highest BCUT2D eigenvalue weighted by atomic mass is 16.5. The van der Waals surface area contributed by atoms with E-state index in [-0.39, 0.29) is 24.8 Å². The molecular weight excluding hydrogens is 412 g/mol. The van der Waals surface area contributed by atoms with Gasteiger partial charge in [-0.3, -0.25) is 9.59 Å². The predicted octanol–water partition coefficient (Wildman–Crippen LogP) is 8.49. The number of carbonyl (C=O) groups excluding carboxylic acids is 2. The number of ether oxygens (including phenoxy) is 2. The Balaban J connectivity index is 1.82. The third-order valence-electron chi connectivity index (χ3n) is 5.99. The maximum atomic E-state index is 11.8. The average Bonchev–Trinajstić information content (AvgIpc) is 2.79. The zero-order chi connectivity index (χ0) is 24.0. The fourth-order valence-electron chi connectivity index (χ4n) is 3.97. The zero-order valence-electron chi connectivity index (χ0n) is 21.4. The smallest absolute Gasteiger partial charge is 0.311 e. The van der Waals surface area contributed by atoms with Crippen LogP contribution in [0.5, 0.6) is 5.75 Å². The van der Waals surface area contributed by atoms with Crippen LogP contribution in [0.1, 0.15) is 128 Å². The van der Waals surface area contributed by atoms with Crippen molar-refractivity contribution in [2.45, 2.75) is 129 Å². The van der Waals surface area contributed by atoms with E-state index in [2.05, 4.69) is 6.92 Å². The van der Waals surface area contributed by atoms with Gasteiger partial charge in [0.25, 0.3) is 0 Å². The summed E-state index contributed by atoms with van der Waals surface area (Å²) in [6.45, 7) is 4.71. The SMILES string of the molecule is CCCCCCCCCCCCCCCCCOC(=O)CCCC(=O)Oc1cccc(C)c1. The number of hydrogen-bond acceptors (Lipinski definition) is 4. The quantitative estimate of drug-likeness (QED) is 0.105. The fourth-order valence-corrected chi connectivity index (χ4v) is 3.97. The molecule has 0 atom stereocenters. The van der Waals surface area contributed by atoms with Crippen molar-refractivity contribution in [1.82, 2.24) is 0 Å². The monoisotopic (exact) mass is 460 g/mol. The normalized spacial score (nSPS) is 10.8. The van der Waals surface area contributed by atoms with E-state index < -0.39 is 0 Å². The average molecular weight is 461 g/mol. The Bertz CT molecular complexity index is 626. The van der Waals surface area contributed by atoms with Crippen LogP contribution in [0.3, 0.4) is 0 Å². The maximum absolute atomic E-state index is 11.8. The Morgan fingerprint density at radius 1 is 0.667 bits per heavy atom. The summed E-state index contributed by atoms with van der Waals surface area (Å²) in [6, 6.07) is 7.39. The topological polar surface area (TPSA) is 52.6 Å². The van der Waals surface area contributed by atoms with E-state index in [4.69, 9.17) is 9.47 Å². The standard InChI is InChI=1S/C29H48O4/c1-3-4-5-6-7-8-9-10-11-12-13-14-15-16-17-24-32-28(30)22-19-23-29(31)33-27-21-18-20-26(2)25-27/h18,20-21,25H,3-17,19,22-24H2,1-2H3. The van der Waals surface area contributed by atoms with Crippen molar-refractivity contribution in [2.24, 2.45) is 0 Å². The summed E-state index contributed by atoms with van der Waals surface area (Å²) in [7, 11) is 0. The van der Waals surface area contributed by atoms with E-state index in [9.17, 15) is 9.59 Å². The first-order valence-corrected chi connectivity index (χ1v) is 13.5. The first-order valence-electron chi connectivity index (χ1n) is 13.5. The van der Waals surface area contributed by atoms with Crippen LogP contribution in [0.2, 0.25) is 0 Å². The van der Waals surface area contributed by atoms with Crippen LogP contribution in [-0.4, -0.2) is 18.5 Å². The summed E-state index contributed by atoms with van der Waals surface area (Å²) in [4.78, 5) is 23.6. The van der Waals surface area contributed by atoms with Gasteiger partial charge < -0.3 is 9.47 Å². The molecule has 1 aromatic carbocycles. The van der Waals surface area contributed by atoms with Gasteiger partial charge in [-0.05, 0) is 37.5 Å². The minimum atomic E-state index is -0.309. The van der Waals surface area contributed by atoms with Crippen molar-refractivity contribution in [1.29, 1.82) is 0 Å². The van der Waals surface area contributed by atoms with Gasteiger partial charge in [-0.25, -0.2) is 0 Å². The molecule has 1 aromatic rings. The Morgan fingerprint density at radius 2 is 1.18 bits per heavy atom. The van der Waals surface area contributed by atoms with E-state index in [0.29, 0.717) is 18.8 Å². The lowest BCUT2D eigenvalue weighted by atomic mass is 10.0. The van der Waals surface area contributed by atoms with E-state index in [1.807, 2.05) is 25.1 Å². The summed E-state index contributed by atoms with van der Waals surface area (Å²) in [6.07, 6.45) is 20.8. The first kappa shape index (κ1) is 29.2. The number of hydrogen-bond donors (Lipinski definition) is 0. The number of carbonyl (C=O) groups is 2. The molecule has 1 rings (SSSR count). The van der Waals surface area contributed by atoms with Crippen molar-refractivity contribution >= 4 is 11.9 Å². The van der Waals surface area contributed by atoms with Gasteiger partial charge >= 0.3 is 11.9 Å². The van der Waals surface area contributed by atoms with Crippen molar-refractivity contribution in [3.05, 3.63) is 29.8 Å². The molecule has 0 N–H and O–H groups in total. The summed E-state index contributed by atoms with van der Waals surface area (Å²) < 4.78 is 10.6. The Morgan fingerprint density at radius 3 is 1.73 bits per heavy atom. The molecule has 0 aliphatic heterocycles. The second-order valence-electron chi connectivity index (χ2n) is 9.31. The molecule has 33 heavy (non-hydrogen) atoms. The highest BCUT2D eigenvalue weighted by Gasteiger charge is 2.08. The fraction of sp³-hybridized carbons (Fsp3) is 0.724. The lowest BCUT2D eigenvalue weighted by Gasteiger charge is -2.06. The van der Waals surface area contributed by atoms with Gasteiger partial charge in [0.2, 0.25) is 0 Å². The van der Waals surface area contributed by atoms with Crippen LogP contribution < -0.4 is 4.74 Å². The number of benzene rings is 1. The maximum Gasteiger partial charge on any atom is 0.311 e. The summed E-state index contributed by atoms with van der Waals surface area (Å²) in [5, 5.41) is 0. The minimum absolute atomic E-state index is 0.219. The highest BCUT2D eigenvalue weighted by Crippen LogP contribution is 2.15. The van der Waals surface area contributed by atoms with E-state index >= 15 is 0 Å². The molecule has 0 saturated heterocycles. The lowest BCUT2D eigenvalue weighted by Crippen LogP contribution is -2.10. The van der Waals surface area contributed by atoms with Crippen LogP contribution in [0.15, 0.2) is 24.3 Å². The minimum Gasteiger partial charge on any atom is -0.466 e. The van der Waals surface area contributed by atoms with Gasteiger partial charge in [-0.2, -0.15) is 0 Å². The van der Waals surface area contributed by atoms with Crippen LogP contribution in [0, 0.1) is 6.92 Å². The van der Waals surface area contributed by atoms with Gasteiger partial charge in [-0.1, -0.05) is 109 Å². The third-order valence-corrected chi connectivity index (χ3v) is 5.99. The Hall–Kier alpha value is -1.84. The number of rotatable bonds is 21. The second-order valence-corrected chi connectivity index (χ2v) is 9.31. The molecule has 0 heterocycles. The predicted molar refractivity (Wildman–Crippen MR) is 137 cm³/mol. The van der Waals surface area contributed by atoms with Gasteiger partial charge in [0, 0.05) is 12.8 Å². The molecule has 0 fully saturated rings. The Kier molecular flexibility index (Phi) is 18.4. The van der Waals surface area contributed by atoms with Gasteiger partial charge in [0.1, 0.15) is 5.75 Å². The van der Waals surface area contributed by atoms with Crippen LogP contribution >= 0.6 is 0 Å². The molecule has 0 unspecified atom stereocenters. The number of esters is 2. The molecule has 0 aromatic heterocycles. The number of unbranched alkanes of at least 4 members (excludes halogenated alkanes) is 14. The van der Waals surface area contributed by atoms with Crippen molar-refractivity contribution < 1.29 is 19.1 Å².